The molecule has 3 nitrogen and oxygen atoms in total. The number of hydrogen-bond acceptors (Lipinski definition) is 3. The molecule has 0 aliphatic carbocycles. The lowest BCUT2D eigenvalue weighted by Crippen LogP contribution is -2.05. The normalized spacial score (nSPS) is 11.5. The molecule has 0 aliphatic rings. The second-order valence-electron chi connectivity index (χ2n) is 4.79. The molecule has 0 amide bonds. The Labute approximate surface area is 130 Å². The topological polar surface area (TPSA) is 35.3 Å². The number of methoxy groups -OCH3 is 1. The van der Waals surface area contributed by atoms with Gasteiger partial charge >= 0.3 is 6.18 Å². The highest BCUT2D eigenvalue weighted by Gasteiger charge is 2.40. The maximum atomic E-state index is 13.2. The van der Waals surface area contributed by atoms with E-state index in [4.69, 9.17) is 9.15 Å². The zero-order chi connectivity index (χ0) is 16.4. The van der Waals surface area contributed by atoms with Gasteiger partial charge in [-0.3, -0.25) is 0 Å². The van der Waals surface area contributed by atoms with Crippen molar-refractivity contribution >= 4 is 0 Å². The summed E-state index contributed by atoms with van der Waals surface area (Å²) in [7, 11) is 1.51. The molecule has 3 rings (SSSR count). The van der Waals surface area contributed by atoms with Gasteiger partial charge in [0.1, 0.15) is 11.4 Å². The molecule has 1 heterocycles. The summed E-state index contributed by atoms with van der Waals surface area (Å²) in [6.07, 6.45) is -4.62. The van der Waals surface area contributed by atoms with Crippen LogP contribution in [0.2, 0.25) is 0 Å². The SMILES string of the molecule is COc1ccc(-c2nc(-c3ccccc3)c(C(F)(F)F)o2)cc1. The molecule has 2 aromatic carbocycles. The lowest BCUT2D eigenvalue weighted by Gasteiger charge is -2.04. The molecular formula is C17H12F3NO2. The third kappa shape index (κ3) is 3.06. The number of rotatable bonds is 3. The summed E-state index contributed by atoms with van der Waals surface area (Å²) < 4.78 is 49.7. The quantitative estimate of drug-likeness (QED) is 0.678. The van der Waals surface area contributed by atoms with Gasteiger partial charge in [0, 0.05) is 11.1 Å². The van der Waals surface area contributed by atoms with E-state index in [-0.39, 0.29) is 11.6 Å². The lowest BCUT2D eigenvalue weighted by atomic mass is 10.1. The van der Waals surface area contributed by atoms with Crippen LogP contribution in [0.1, 0.15) is 5.76 Å². The molecule has 0 fully saturated rings. The number of nitrogens with zero attached hydrogens (tertiary/aromatic N) is 1. The Kier molecular flexibility index (Phi) is 3.82. The first-order valence-corrected chi connectivity index (χ1v) is 6.77. The average Bonchev–Trinajstić information content (AvgIpc) is 3.01. The molecule has 0 saturated heterocycles. The molecule has 23 heavy (non-hydrogen) atoms. The van der Waals surface area contributed by atoms with Gasteiger partial charge < -0.3 is 9.15 Å². The molecule has 6 heteroatoms. The van der Waals surface area contributed by atoms with Crippen molar-refractivity contribution in [3.05, 3.63) is 60.4 Å². The second kappa shape index (κ2) is 5.79. The Morgan fingerprint density at radius 2 is 1.57 bits per heavy atom. The highest BCUT2D eigenvalue weighted by Crippen LogP contribution is 2.39. The molecule has 0 atom stereocenters. The van der Waals surface area contributed by atoms with Crippen molar-refractivity contribution < 1.29 is 22.3 Å². The van der Waals surface area contributed by atoms with Crippen LogP contribution in [0.5, 0.6) is 5.75 Å². The highest BCUT2D eigenvalue weighted by atomic mass is 19.4. The number of benzene rings is 2. The largest absolute Gasteiger partial charge is 0.497 e. The molecule has 0 N–H and O–H groups in total. The number of alkyl halides is 3. The van der Waals surface area contributed by atoms with Crippen LogP contribution in [0.15, 0.2) is 59.0 Å². The fourth-order valence-electron chi connectivity index (χ4n) is 2.16. The van der Waals surface area contributed by atoms with E-state index in [2.05, 4.69) is 4.98 Å². The van der Waals surface area contributed by atoms with Gasteiger partial charge in [-0.25, -0.2) is 4.98 Å². The summed E-state index contributed by atoms with van der Waals surface area (Å²) in [5.41, 5.74) is 0.575. The number of ether oxygens (including phenoxy) is 1. The van der Waals surface area contributed by atoms with Crippen LogP contribution in [0.25, 0.3) is 22.7 Å². The Morgan fingerprint density at radius 3 is 2.13 bits per heavy atom. The molecule has 0 radical (unpaired) electrons. The molecular weight excluding hydrogens is 307 g/mol. The van der Waals surface area contributed by atoms with E-state index in [1.807, 2.05) is 0 Å². The Bertz CT molecular complexity index is 793. The van der Waals surface area contributed by atoms with Gasteiger partial charge in [0.05, 0.1) is 7.11 Å². The van der Waals surface area contributed by atoms with Crippen molar-refractivity contribution in [3.8, 4) is 28.5 Å². The first-order valence-electron chi connectivity index (χ1n) is 6.77. The summed E-state index contributed by atoms with van der Waals surface area (Å²) in [6.45, 7) is 0. The molecule has 1 aromatic heterocycles. The van der Waals surface area contributed by atoms with Crippen LogP contribution in [-0.2, 0) is 6.18 Å². The summed E-state index contributed by atoms with van der Waals surface area (Å²) in [6, 6.07) is 14.6. The fourth-order valence-corrected chi connectivity index (χ4v) is 2.16. The molecule has 0 saturated carbocycles. The van der Waals surface area contributed by atoms with Crippen molar-refractivity contribution in [2.24, 2.45) is 0 Å². The monoisotopic (exact) mass is 319 g/mol. The Morgan fingerprint density at radius 1 is 0.913 bits per heavy atom. The average molecular weight is 319 g/mol. The summed E-state index contributed by atoms with van der Waals surface area (Å²) >= 11 is 0. The smallest absolute Gasteiger partial charge is 0.451 e. The molecule has 118 valence electrons. The van der Waals surface area contributed by atoms with Crippen LogP contribution >= 0.6 is 0 Å². The number of hydrogen-bond donors (Lipinski definition) is 0. The van der Waals surface area contributed by atoms with Gasteiger partial charge in [-0.15, -0.1) is 0 Å². The zero-order valence-corrected chi connectivity index (χ0v) is 12.1. The van der Waals surface area contributed by atoms with Crippen LogP contribution in [0.3, 0.4) is 0 Å². The van der Waals surface area contributed by atoms with E-state index in [1.165, 1.54) is 7.11 Å². The highest BCUT2D eigenvalue weighted by molar-refractivity contribution is 5.66. The minimum atomic E-state index is -4.62. The number of aromatic nitrogens is 1. The van der Waals surface area contributed by atoms with Crippen LogP contribution in [0.4, 0.5) is 13.2 Å². The van der Waals surface area contributed by atoms with Crippen LogP contribution < -0.4 is 4.74 Å². The predicted molar refractivity (Wildman–Crippen MR) is 78.9 cm³/mol. The van der Waals surface area contributed by atoms with E-state index in [9.17, 15) is 13.2 Å². The predicted octanol–water partition coefficient (Wildman–Crippen LogP) is 5.04. The minimum Gasteiger partial charge on any atom is -0.497 e. The van der Waals surface area contributed by atoms with E-state index in [0.29, 0.717) is 16.9 Å². The molecule has 0 spiro atoms. The van der Waals surface area contributed by atoms with Crippen molar-refractivity contribution in [2.45, 2.75) is 6.18 Å². The first-order chi connectivity index (χ1) is 11.0. The van der Waals surface area contributed by atoms with E-state index in [1.54, 1.807) is 54.6 Å². The van der Waals surface area contributed by atoms with Crippen molar-refractivity contribution in [1.29, 1.82) is 0 Å². The number of halogens is 3. The van der Waals surface area contributed by atoms with Gasteiger partial charge in [-0.2, -0.15) is 13.2 Å². The third-order valence-electron chi connectivity index (χ3n) is 3.27. The van der Waals surface area contributed by atoms with E-state index in [0.717, 1.165) is 0 Å². The maximum absolute atomic E-state index is 13.2. The van der Waals surface area contributed by atoms with Gasteiger partial charge in [0.25, 0.3) is 0 Å². The summed E-state index contributed by atoms with van der Waals surface area (Å²) in [4.78, 5) is 4.05. The molecule has 0 bridgehead atoms. The third-order valence-corrected chi connectivity index (χ3v) is 3.27. The van der Waals surface area contributed by atoms with Crippen LogP contribution in [0, 0.1) is 0 Å². The van der Waals surface area contributed by atoms with Crippen LogP contribution in [-0.4, -0.2) is 12.1 Å². The zero-order valence-electron chi connectivity index (χ0n) is 12.1. The van der Waals surface area contributed by atoms with Gasteiger partial charge in [0.15, 0.2) is 0 Å². The standard InChI is InChI=1S/C17H12F3NO2/c1-22-13-9-7-12(8-10-13)16-21-14(11-5-3-2-4-6-11)15(23-16)17(18,19)20/h2-10H,1H3. The number of oxazole rings is 1. The fraction of sp³-hybridized carbons (Fsp3) is 0.118. The maximum Gasteiger partial charge on any atom is 0.451 e. The summed E-state index contributed by atoms with van der Waals surface area (Å²) in [5.74, 6) is -0.590. The van der Waals surface area contributed by atoms with E-state index < -0.39 is 11.9 Å². The summed E-state index contributed by atoms with van der Waals surface area (Å²) in [5, 5.41) is 0. The van der Waals surface area contributed by atoms with Gasteiger partial charge in [-0.1, -0.05) is 30.3 Å². The van der Waals surface area contributed by atoms with Crippen molar-refractivity contribution in [1.82, 2.24) is 4.98 Å². The molecule has 0 aliphatic heterocycles. The van der Waals surface area contributed by atoms with Gasteiger partial charge in [0.2, 0.25) is 11.7 Å². The molecule has 0 unspecified atom stereocenters. The Hall–Kier alpha value is -2.76. The van der Waals surface area contributed by atoms with Crippen molar-refractivity contribution in [3.63, 3.8) is 0 Å². The second-order valence-corrected chi connectivity index (χ2v) is 4.79. The van der Waals surface area contributed by atoms with E-state index >= 15 is 0 Å². The minimum absolute atomic E-state index is 0.0844. The first kappa shape index (κ1) is 15.1. The molecule has 3 aromatic rings. The lowest BCUT2D eigenvalue weighted by molar-refractivity contribution is -0.152. The van der Waals surface area contributed by atoms with Crippen molar-refractivity contribution in [2.75, 3.05) is 7.11 Å². The Balaban J connectivity index is 2.11. The van der Waals surface area contributed by atoms with Gasteiger partial charge in [-0.05, 0) is 24.3 Å².